The summed E-state index contributed by atoms with van der Waals surface area (Å²) in [7, 11) is 0. The molecule has 1 heterocycles. The summed E-state index contributed by atoms with van der Waals surface area (Å²) in [5.41, 5.74) is 1.85. The van der Waals surface area contributed by atoms with Crippen LogP contribution in [0.2, 0.25) is 5.02 Å². The van der Waals surface area contributed by atoms with Crippen LogP contribution in [0.1, 0.15) is 18.5 Å². The SMILES string of the molecule is Cc1cc(Nc2cccc(Cl)c2)nc(NC2CC2)n1. The fraction of sp³-hybridized carbons (Fsp3) is 0.286. The quantitative estimate of drug-likeness (QED) is 0.891. The second kappa shape index (κ2) is 5.05. The molecule has 0 aliphatic heterocycles. The minimum atomic E-state index is 0.542. The molecule has 3 rings (SSSR count). The van der Waals surface area contributed by atoms with Crippen LogP contribution in [0.15, 0.2) is 30.3 Å². The molecule has 0 radical (unpaired) electrons. The molecule has 1 fully saturated rings. The van der Waals surface area contributed by atoms with Crippen molar-refractivity contribution in [2.24, 2.45) is 0 Å². The normalized spacial score (nSPS) is 14.2. The second-order valence-corrected chi connectivity index (χ2v) is 5.21. The maximum Gasteiger partial charge on any atom is 0.225 e. The van der Waals surface area contributed by atoms with E-state index in [4.69, 9.17) is 11.6 Å². The van der Waals surface area contributed by atoms with Crippen LogP contribution in [0, 0.1) is 6.92 Å². The topological polar surface area (TPSA) is 49.8 Å². The lowest BCUT2D eigenvalue weighted by Crippen LogP contribution is -2.07. The van der Waals surface area contributed by atoms with Gasteiger partial charge in [0.1, 0.15) is 5.82 Å². The number of rotatable bonds is 4. The van der Waals surface area contributed by atoms with Gasteiger partial charge in [-0.05, 0) is 38.0 Å². The Morgan fingerprint density at radius 3 is 2.79 bits per heavy atom. The molecule has 1 saturated carbocycles. The van der Waals surface area contributed by atoms with Crippen LogP contribution in [0.3, 0.4) is 0 Å². The summed E-state index contributed by atoms with van der Waals surface area (Å²) in [5, 5.41) is 7.25. The van der Waals surface area contributed by atoms with Gasteiger partial charge in [0.15, 0.2) is 0 Å². The Kier molecular flexibility index (Phi) is 3.25. The summed E-state index contributed by atoms with van der Waals surface area (Å²) in [6.07, 6.45) is 2.41. The predicted molar refractivity (Wildman–Crippen MR) is 78.1 cm³/mol. The standard InChI is InChI=1S/C14H15ClN4/c1-9-7-13(17-12-4-2-3-10(15)8-12)19-14(16-9)18-11-5-6-11/h2-4,7-8,11H,5-6H2,1H3,(H2,16,17,18,19). The van der Waals surface area contributed by atoms with Gasteiger partial charge in [-0.15, -0.1) is 0 Å². The first kappa shape index (κ1) is 12.2. The minimum absolute atomic E-state index is 0.542. The summed E-state index contributed by atoms with van der Waals surface area (Å²) in [4.78, 5) is 8.85. The van der Waals surface area contributed by atoms with Gasteiger partial charge in [0.2, 0.25) is 5.95 Å². The maximum absolute atomic E-state index is 5.97. The van der Waals surface area contributed by atoms with Gasteiger partial charge in [-0.1, -0.05) is 17.7 Å². The molecular weight excluding hydrogens is 260 g/mol. The molecule has 0 bridgehead atoms. The molecule has 5 heteroatoms. The van der Waals surface area contributed by atoms with Crippen molar-refractivity contribution in [3.8, 4) is 0 Å². The van der Waals surface area contributed by atoms with E-state index in [0.717, 1.165) is 17.2 Å². The number of nitrogens with one attached hydrogen (secondary N) is 2. The highest BCUT2D eigenvalue weighted by atomic mass is 35.5. The Balaban J connectivity index is 1.81. The van der Waals surface area contributed by atoms with Crippen molar-refractivity contribution < 1.29 is 0 Å². The Morgan fingerprint density at radius 1 is 1.21 bits per heavy atom. The largest absolute Gasteiger partial charge is 0.351 e. The van der Waals surface area contributed by atoms with Crippen LogP contribution in [0.4, 0.5) is 17.5 Å². The zero-order valence-electron chi connectivity index (χ0n) is 10.7. The Morgan fingerprint density at radius 2 is 2.05 bits per heavy atom. The van der Waals surface area contributed by atoms with E-state index in [0.29, 0.717) is 17.0 Å². The summed E-state index contributed by atoms with van der Waals surface area (Å²) in [6, 6.07) is 10.0. The summed E-state index contributed by atoms with van der Waals surface area (Å²) in [5.74, 6) is 1.46. The van der Waals surface area contributed by atoms with Crippen LogP contribution in [-0.4, -0.2) is 16.0 Å². The number of anilines is 3. The zero-order valence-corrected chi connectivity index (χ0v) is 11.4. The van der Waals surface area contributed by atoms with E-state index in [-0.39, 0.29) is 0 Å². The number of benzene rings is 1. The highest BCUT2D eigenvalue weighted by Gasteiger charge is 2.22. The van der Waals surface area contributed by atoms with Gasteiger partial charge in [-0.2, -0.15) is 4.98 Å². The molecule has 1 aromatic heterocycles. The molecule has 0 unspecified atom stereocenters. The second-order valence-electron chi connectivity index (χ2n) is 4.77. The average Bonchev–Trinajstić information content (AvgIpc) is 3.12. The van der Waals surface area contributed by atoms with E-state index in [9.17, 15) is 0 Å². The number of aromatic nitrogens is 2. The van der Waals surface area contributed by atoms with Crippen molar-refractivity contribution in [2.75, 3.05) is 10.6 Å². The molecule has 4 nitrogen and oxygen atoms in total. The van der Waals surface area contributed by atoms with Gasteiger partial charge in [0.05, 0.1) is 0 Å². The first-order valence-electron chi connectivity index (χ1n) is 6.34. The molecule has 2 N–H and O–H groups in total. The minimum Gasteiger partial charge on any atom is -0.351 e. The van der Waals surface area contributed by atoms with Gasteiger partial charge in [0.25, 0.3) is 0 Å². The first-order valence-corrected chi connectivity index (χ1v) is 6.72. The van der Waals surface area contributed by atoms with E-state index in [1.165, 1.54) is 12.8 Å². The van der Waals surface area contributed by atoms with Crippen molar-refractivity contribution in [2.45, 2.75) is 25.8 Å². The molecule has 98 valence electrons. The fourth-order valence-corrected chi connectivity index (χ4v) is 2.01. The van der Waals surface area contributed by atoms with E-state index in [1.54, 1.807) is 0 Å². The highest BCUT2D eigenvalue weighted by Crippen LogP contribution is 2.24. The molecule has 1 aliphatic rings. The molecule has 2 aromatic rings. The molecule has 0 saturated heterocycles. The van der Waals surface area contributed by atoms with Gasteiger partial charge >= 0.3 is 0 Å². The predicted octanol–water partition coefficient (Wildman–Crippen LogP) is 3.76. The monoisotopic (exact) mass is 274 g/mol. The van der Waals surface area contributed by atoms with E-state index in [2.05, 4.69) is 20.6 Å². The van der Waals surface area contributed by atoms with Crippen LogP contribution < -0.4 is 10.6 Å². The summed E-state index contributed by atoms with van der Waals surface area (Å²) >= 11 is 5.97. The number of hydrogen-bond donors (Lipinski definition) is 2. The molecule has 0 spiro atoms. The van der Waals surface area contributed by atoms with Crippen molar-refractivity contribution >= 4 is 29.1 Å². The molecule has 1 aromatic carbocycles. The van der Waals surface area contributed by atoms with Crippen LogP contribution in [0.5, 0.6) is 0 Å². The van der Waals surface area contributed by atoms with E-state index < -0.39 is 0 Å². The first-order chi connectivity index (χ1) is 9.19. The van der Waals surface area contributed by atoms with Crippen molar-refractivity contribution in [3.05, 3.63) is 41.0 Å². The number of halogens is 1. The lowest BCUT2D eigenvalue weighted by Gasteiger charge is -2.09. The smallest absolute Gasteiger partial charge is 0.225 e. The molecule has 0 amide bonds. The molecule has 1 aliphatic carbocycles. The van der Waals surface area contributed by atoms with E-state index >= 15 is 0 Å². The van der Waals surface area contributed by atoms with Crippen LogP contribution in [0.25, 0.3) is 0 Å². The van der Waals surface area contributed by atoms with Gasteiger partial charge in [0, 0.05) is 28.5 Å². The van der Waals surface area contributed by atoms with Crippen LogP contribution in [-0.2, 0) is 0 Å². The Bertz CT molecular complexity index is 596. The molecule has 0 atom stereocenters. The highest BCUT2D eigenvalue weighted by molar-refractivity contribution is 6.30. The van der Waals surface area contributed by atoms with Gasteiger partial charge < -0.3 is 10.6 Å². The zero-order chi connectivity index (χ0) is 13.2. The van der Waals surface area contributed by atoms with Crippen molar-refractivity contribution in [1.29, 1.82) is 0 Å². The third-order valence-electron chi connectivity index (χ3n) is 2.86. The van der Waals surface area contributed by atoms with E-state index in [1.807, 2.05) is 37.3 Å². The third-order valence-corrected chi connectivity index (χ3v) is 3.10. The number of nitrogens with zero attached hydrogens (tertiary/aromatic N) is 2. The van der Waals surface area contributed by atoms with Crippen LogP contribution >= 0.6 is 11.6 Å². The maximum atomic E-state index is 5.97. The molecular formula is C14H15ClN4. The summed E-state index contributed by atoms with van der Waals surface area (Å²) < 4.78 is 0. The Hall–Kier alpha value is -1.81. The molecule has 19 heavy (non-hydrogen) atoms. The number of hydrogen-bond acceptors (Lipinski definition) is 4. The van der Waals surface area contributed by atoms with Crippen molar-refractivity contribution in [3.63, 3.8) is 0 Å². The third kappa shape index (κ3) is 3.35. The average molecular weight is 275 g/mol. The lowest BCUT2D eigenvalue weighted by atomic mass is 10.3. The van der Waals surface area contributed by atoms with Gasteiger partial charge in [-0.25, -0.2) is 4.98 Å². The fourth-order valence-electron chi connectivity index (χ4n) is 1.82. The van der Waals surface area contributed by atoms with Crippen molar-refractivity contribution in [1.82, 2.24) is 9.97 Å². The van der Waals surface area contributed by atoms with Gasteiger partial charge in [-0.3, -0.25) is 0 Å². The number of aryl methyl sites for hydroxylation is 1. The lowest BCUT2D eigenvalue weighted by molar-refractivity contribution is 1.03. The summed E-state index contributed by atoms with van der Waals surface area (Å²) in [6.45, 7) is 1.96. The Labute approximate surface area is 117 Å².